The minimum Gasteiger partial charge on any atom is -0.375 e. The highest BCUT2D eigenvalue weighted by Crippen LogP contribution is 2.21. The number of benzene rings is 1. The minimum absolute atomic E-state index is 0.261. The molecule has 0 bridgehead atoms. The van der Waals surface area contributed by atoms with E-state index in [1.165, 1.54) is 23.5 Å². The molecule has 0 spiro atoms. The molecule has 20 heavy (non-hydrogen) atoms. The van der Waals surface area contributed by atoms with Crippen molar-refractivity contribution in [2.45, 2.75) is 26.3 Å². The van der Waals surface area contributed by atoms with E-state index in [9.17, 15) is 4.39 Å². The molecule has 104 valence electrons. The molecule has 0 saturated heterocycles. The third kappa shape index (κ3) is 2.38. The molecule has 0 saturated carbocycles. The number of aromatic nitrogens is 3. The van der Waals surface area contributed by atoms with Crippen LogP contribution in [0.1, 0.15) is 24.9 Å². The van der Waals surface area contributed by atoms with Crippen LogP contribution < -0.4 is 5.73 Å². The van der Waals surface area contributed by atoms with Crippen LogP contribution in [-0.2, 0) is 13.0 Å². The van der Waals surface area contributed by atoms with Gasteiger partial charge in [-0.1, -0.05) is 6.92 Å². The average molecular weight is 290 g/mol. The maximum Gasteiger partial charge on any atom is 0.180 e. The highest BCUT2D eigenvalue weighted by molar-refractivity contribution is 7.13. The van der Waals surface area contributed by atoms with Gasteiger partial charge in [0, 0.05) is 24.4 Å². The van der Waals surface area contributed by atoms with E-state index < -0.39 is 0 Å². The first kappa shape index (κ1) is 13.1. The molecule has 3 aromatic rings. The molecule has 2 N–H and O–H groups in total. The first-order valence-corrected chi connectivity index (χ1v) is 7.40. The number of nitrogen functional groups attached to an aromatic ring is 1. The van der Waals surface area contributed by atoms with Crippen molar-refractivity contribution in [1.82, 2.24) is 14.5 Å². The Bertz CT molecular complexity index is 747. The van der Waals surface area contributed by atoms with Crippen LogP contribution in [0.4, 0.5) is 9.52 Å². The Morgan fingerprint density at radius 2 is 2.20 bits per heavy atom. The maximum atomic E-state index is 13.3. The molecule has 0 amide bonds. The Balaban J connectivity index is 2.06. The van der Waals surface area contributed by atoms with E-state index in [1.807, 2.05) is 5.38 Å². The quantitative estimate of drug-likeness (QED) is 0.802. The number of halogens is 1. The minimum atomic E-state index is -0.261. The molecular weight excluding hydrogens is 275 g/mol. The second kappa shape index (κ2) is 5.20. The molecular formula is C14H15FN4S. The Labute approximate surface area is 120 Å². The number of nitrogens with zero attached hydrogens (tertiary/aromatic N) is 3. The number of hydrogen-bond acceptors (Lipinski definition) is 4. The second-order valence-corrected chi connectivity index (χ2v) is 5.56. The summed E-state index contributed by atoms with van der Waals surface area (Å²) in [6, 6.07) is 4.73. The summed E-state index contributed by atoms with van der Waals surface area (Å²) in [5, 5.41) is 2.50. The molecule has 0 aliphatic heterocycles. The number of nitrogens with two attached hydrogens (primary N) is 1. The normalized spacial score (nSPS) is 11.3. The second-order valence-electron chi connectivity index (χ2n) is 4.67. The van der Waals surface area contributed by atoms with Crippen molar-refractivity contribution < 1.29 is 4.39 Å². The van der Waals surface area contributed by atoms with E-state index in [2.05, 4.69) is 21.5 Å². The Hall–Kier alpha value is -1.95. The summed E-state index contributed by atoms with van der Waals surface area (Å²) in [6.45, 7) is 2.97. The first-order chi connectivity index (χ1) is 9.67. The topological polar surface area (TPSA) is 56.7 Å². The molecule has 0 radical (unpaired) electrons. The van der Waals surface area contributed by atoms with E-state index in [1.54, 1.807) is 6.07 Å². The fraction of sp³-hybridized carbons (Fsp3) is 0.286. The van der Waals surface area contributed by atoms with Gasteiger partial charge in [0.2, 0.25) is 0 Å². The van der Waals surface area contributed by atoms with Crippen LogP contribution in [0.3, 0.4) is 0 Å². The van der Waals surface area contributed by atoms with Crippen molar-refractivity contribution in [2.24, 2.45) is 0 Å². The molecule has 1 aromatic carbocycles. The van der Waals surface area contributed by atoms with Gasteiger partial charge in [0.25, 0.3) is 0 Å². The zero-order chi connectivity index (χ0) is 14.1. The zero-order valence-corrected chi connectivity index (χ0v) is 12.0. The summed E-state index contributed by atoms with van der Waals surface area (Å²) in [6.07, 6.45) is 1.61. The molecule has 6 heteroatoms. The third-order valence-electron chi connectivity index (χ3n) is 3.15. The van der Waals surface area contributed by atoms with Crippen molar-refractivity contribution in [3.05, 3.63) is 40.9 Å². The lowest BCUT2D eigenvalue weighted by molar-refractivity contribution is 0.629. The zero-order valence-electron chi connectivity index (χ0n) is 11.1. The molecule has 2 aromatic heterocycles. The lowest BCUT2D eigenvalue weighted by Crippen LogP contribution is -2.04. The fourth-order valence-corrected chi connectivity index (χ4v) is 2.89. The van der Waals surface area contributed by atoms with E-state index in [0.29, 0.717) is 17.1 Å². The van der Waals surface area contributed by atoms with Gasteiger partial charge in [-0.25, -0.2) is 14.4 Å². The van der Waals surface area contributed by atoms with Gasteiger partial charge >= 0.3 is 0 Å². The van der Waals surface area contributed by atoms with Crippen molar-refractivity contribution in [2.75, 3.05) is 5.73 Å². The van der Waals surface area contributed by atoms with Crippen LogP contribution >= 0.6 is 11.3 Å². The van der Waals surface area contributed by atoms with Gasteiger partial charge in [0.1, 0.15) is 11.6 Å². The van der Waals surface area contributed by atoms with Crippen LogP contribution in [0.15, 0.2) is 23.6 Å². The first-order valence-electron chi connectivity index (χ1n) is 6.52. The number of imidazole rings is 1. The monoisotopic (exact) mass is 290 g/mol. The number of thiazole rings is 1. The lowest BCUT2D eigenvalue weighted by Gasteiger charge is -2.06. The van der Waals surface area contributed by atoms with Gasteiger partial charge in [-0.3, -0.25) is 0 Å². The summed E-state index contributed by atoms with van der Waals surface area (Å²) in [5.74, 6) is 0.640. The predicted molar refractivity (Wildman–Crippen MR) is 79.3 cm³/mol. The van der Waals surface area contributed by atoms with Crippen LogP contribution in [0.2, 0.25) is 0 Å². The fourth-order valence-electron chi connectivity index (χ4n) is 2.33. The maximum absolute atomic E-state index is 13.3. The predicted octanol–water partition coefficient (Wildman–Crippen LogP) is 3.21. The summed E-state index contributed by atoms with van der Waals surface area (Å²) in [7, 11) is 0. The highest BCUT2D eigenvalue weighted by atomic mass is 32.1. The number of fused-ring (bicyclic) bond motifs is 1. The number of anilines is 1. The standard InChI is InChI=1S/C14H15FN4S/c1-2-5-19-12-4-3-9(15)6-11(12)18-13(19)7-10-8-20-14(16)17-10/h3-4,6,8H,2,5,7H2,1H3,(H2,16,17). The van der Waals surface area contributed by atoms with Crippen molar-refractivity contribution >= 4 is 27.5 Å². The summed E-state index contributed by atoms with van der Waals surface area (Å²) in [4.78, 5) is 8.81. The third-order valence-corrected chi connectivity index (χ3v) is 3.87. The van der Waals surface area contributed by atoms with Crippen molar-refractivity contribution in [1.29, 1.82) is 0 Å². The van der Waals surface area contributed by atoms with E-state index in [0.717, 1.165) is 30.0 Å². The molecule has 0 unspecified atom stereocenters. The largest absolute Gasteiger partial charge is 0.375 e. The van der Waals surface area contributed by atoms with E-state index >= 15 is 0 Å². The molecule has 2 heterocycles. The summed E-state index contributed by atoms with van der Waals surface area (Å²) >= 11 is 1.42. The molecule has 3 rings (SSSR count). The molecule has 0 aliphatic carbocycles. The number of aryl methyl sites for hydroxylation is 1. The molecule has 0 aliphatic rings. The highest BCUT2D eigenvalue weighted by Gasteiger charge is 2.12. The van der Waals surface area contributed by atoms with E-state index in [-0.39, 0.29) is 5.82 Å². The Kier molecular flexibility index (Phi) is 3.40. The molecule has 0 atom stereocenters. The lowest BCUT2D eigenvalue weighted by atomic mass is 10.3. The van der Waals surface area contributed by atoms with Crippen molar-refractivity contribution in [3.63, 3.8) is 0 Å². The van der Waals surface area contributed by atoms with Gasteiger partial charge < -0.3 is 10.3 Å². The van der Waals surface area contributed by atoms with Gasteiger partial charge in [0.05, 0.1) is 16.7 Å². The van der Waals surface area contributed by atoms with Crippen LogP contribution in [0.5, 0.6) is 0 Å². The number of hydrogen-bond donors (Lipinski definition) is 1. The molecule has 4 nitrogen and oxygen atoms in total. The molecule has 0 fully saturated rings. The SMILES string of the molecule is CCCn1c(Cc2csc(N)n2)nc2cc(F)ccc21. The van der Waals surface area contributed by atoms with Gasteiger partial charge in [-0.15, -0.1) is 11.3 Å². The van der Waals surface area contributed by atoms with Gasteiger partial charge in [-0.05, 0) is 18.6 Å². The Morgan fingerprint density at radius 1 is 1.35 bits per heavy atom. The van der Waals surface area contributed by atoms with Crippen LogP contribution in [-0.4, -0.2) is 14.5 Å². The Morgan fingerprint density at radius 3 is 2.90 bits per heavy atom. The summed E-state index contributed by atoms with van der Waals surface area (Å²) in [5.41, 5.74) is 8.21. The van der Waals surface area contributed by atoms with E-state index in [4.69, 9.17) is 5.73 Å². The summed E-state index contributed by atoms with van der Waals surface area (Å²) < 4.78 is 15.4. The van der Waals surface area contributed by atoms with Gasteiger partial charge in [0.15, 0.2) is 5.13 Å². The van der Waals surface area contributed by atoms with Crippen molar-refractivity contribution in [3.8, 4) is 0 Å². The van der Waals surface area contributed by atoms with Crippen LogP contribution in [0.25, 0.3) is 11.0 Å². The number of rotatable bonds is 4. The van der Waals surface area contributed by atoms with Crippen LogP contribution in [0, 0.1) is 5.82 Å². The van der Waals surface area contributed by atoms with Gasteiger partial charge in [-0.2, -0.15) is 0 Å². The average Bonchev–Trinajstić information content (AvgIpc) is 2.95. The smallest absolute Gasteiger partial charge is 0.180 e.